The summed E-state index contributed by atoms with van der Waals surface area (Å²) in [4.78, 5) is 13.2. The molecule has 172 valence electrons. The van der Waals surface area contributed by atoms with E-state index in [0.29, 0.717) is 40.0 Å². The lowest BCUT2D eigenvalue weighted by Crippen LogP contribution is -2.29. The number of hydrogen-bond acceptors (Lipinski definition) is 8. The third kappa shape index (κ3) is 3.70. The standard InChI is InChI=1S/C26H22N2O5S/c1-15-12-16(4-11-23(15)32-3)13-20-24(17-5-10-21-22(14-17)28-34-27-21)25(29)33-26(20,30)18-6-8-19(31-2)9-7-18/h4-12,14,30H,13H2,1-3H3. The summed E-state index contributed by atoms with van der Waals surface area (Å²) in [5.74, 6) is -1.12. The lowest BCUT2D eigenvalue weighted by Gasteiger charge is -2.26. The number of hydrogen-bond donors (Lipinski definition) is 1. The van der Waals surface area contributed by atoms with E-state index < -0.39 is 11.8 Å². The number of cyclic esters (lactones) is 1. The Morgan fingerprint density at radius 3 is 2.44 bits per heavy atom. The summed E-state index contributed by atoms with van der Waals surface area (Å²) in [5.41, 5.74) is 5.13. The molecule has 0 saturated heterocycles. The highest BCUT2D eigenvalue weighted by Gasteiger charge is 2.48. The van der Waals surface area contributed by atoms with Gasteiger partial charge >= 0.3 is 5.97 Å². The van der Waals surface area contributed by atoms with Crippen LogP contribution < -0.4 is 9.47 Å². The molecule has 1 N–H and O–H groups in total. The van der Waals surface area contributed by atoms with Crippen LogP contribution in [0.3, 0.4) is 0 Å². The number of carbonyl (C=O) groups is 1. The van der Waals surface area contributed by atoms with E-state index in [9.17, 15) is 9.90 Å². The molecule has 1 aromatic heterocycles. The van der Waals surface area contributed by atoms with Crippen molar-refractivity contribution in [1.82, 2.24) is 8.75 Å². The van der Waals surface area contributed by atoms with Crippen LogP contribution in [0.4, 0.5) is 0 Å². The maximum atomic E-state index is 13.2. The Morgan fingerprint density at radius 1 is 0.971 bits per heavy atom. The smallest absolute Gasteiger partial charge is 0.342 e. The Kier molecular flexibility index (Phi) is 5.55. The Balaban J connectivity index is 1.68. The molecule has 0 spiro atoms. The van der Waals surface area contributed by atoms with Gasteiger partial charge in [-0.3, -0.25) is 0 Å². The molecule has 0 fully saturated rings. The largest absolute Gasteiger partial charge is 0.497 e. The van der Waals surface area contributed by atoms with Crippen molar-refractivity contribution in [3.05, 3.63) is 88.5 Å². The predicted molar refractivity (Wildman–Crippen MR) is 129 cm³/mol. The summed E-state index contributed by atoms with van der Waals surface area (Å²) in [6, 6.07) is 18.0. The minimum absolute atomic E-state index is 0.293. The summed E-state index contributed by atoms with van der Waals surface area (Å²) in [6.07, 6.45) is 0.293. The van der Waals surface area contributed by atoms with Crippen molar-refractivity contribution in [3.63, 3.8) is 0 Å². The van der Waals surface area contributed by atoms with Gasteiger partial charge < -0.3 is 19.3 Å². The van der Waals surface area contributed by atoms with E-state index in [1.54, 1.807) is 50.6 Å². The Bertz CT molecular complexity index is 1430. The number of aromatic nitrogens is 2. The maximum absolute atomic E-state index is 13.2. The number of methoxy groups -OCH3 is 2. The molecule has 2 heterocycles. The van der Waals surface area contributed by atoms with E-state index in [1.165, 1.54) is 0 Å². The molecule has 3 aromatic carbocycles. The third-order valence-electron chi connectivity index (χ3n) is 6.02. The highest BCUT2D eigenvalue weighted by atomic mass is 32.1. The minimum Gasteiger partial charge on any atom is -0.497 e. The van der Waals surface area contributed by atoms with Crippen LogP contribution in [-0.4, -0.2) is 34.0 Å². The van der Waals surface area contributed by atoms with Crippen molar-refractivity contribution < 1.29 is 24.1 Å². The number of esters is 1. The predicted octanol–water partition coefficient (Wildman–Crippen LogP) is 4.42. The lowest BCUT2D eigenvalue weighted by atomic mass is 9.87. The summed E-state index contributed by atoms with van der Waals surface area (Å²) in [7, 11) is 3.19. The normalized spacial score (nSPS) is 17.8. The van der Waals surface area contributed by atoms with Crippen LogP contribution in [-0.2, 0) is 21.7 Å². The topological polar surface area (TPSA) is 90.8 Å². The van der Waals surface area contributed by atoms with Gasteiger partial charge in [-0.25, -0.2) is 4.79 Å². The van der Waals surface area contributed by atoms with Crippen LogP contribution >= 0.6 is 11.7 Å². The van der Waals surface area contributed by atoms with E-state index in [4.69, 9.17) is 14.2 Å². The van der Waals surface area contributed by atoms with Crippen LogP contribution in [0.15, 0.2) is 66.2 Å². The Hall–Kier alpha value is -3.75. The molecule has 0 radical (unpaired) electrons. The van der Waals surface area contributed by atoms with Crippen LogP contribution in [0.2, 0.25) is 0 Å². The van der Waals surface area contributed by atoms with Crippen molar-refractivity contribution in [2.24, 2.45) is 0 Å². The number of benzene rings is 3. The molecule has 0 bridgehead atoms. The van der Waals surface area contributed by atoms with Gasteiger partial charge in [0.2, 0.25) is 0 Å². The zero-order chi connectivity index (χ0) is 23.9. The highest BCUT2D eigenvalue weighted by Crippen LogP contribution is 2.45. The quantitative estimate of drug-likeness (QED) is 0.414. The van der Waals surface area contributed by atoms with Crippen LogP contribution in [0.5, 0.6) is 11.5 Å². The number of aliphatic hydroxyl groups is 1. The zero-order valence-electron chi connectivity index (χ0n) is 18.9. The fraction of sp³-hybridized carbons (Fsp3) is 0.192. The molecule has 4 aromatic rings. The average molecular weight is 475 g/mol. The second-order valence-electron chi connectivity index (χ2n) is 8.06. The van der Waals surface area contributed by atoms with Crippen molar-refractivity contribution in [3.8, 4) is 11.5 Å². The molecule has 7 nitrogen and oxygen atoms in total. The molecular weight excluding hydrogens is 452 g/mol. The molecule has 1 atom stereocenters. The number of aryl methyl sites for hydroxylation is 1. The molecule has 5 rings (SSSR count). The molecule has 0 amide bonds. The van der Waals surface area contributed by atoms with Gasteiger partial charge in [-0.1, -0.05) is 18.2 Å². The number of nitrogens with zero attached hydrogens (tertiary/aromatic N) is 2. The van der Waals surface area contributed by atoms with Crippen LogP contribution in [0.25, 0.3) is 16.6 Å². The van der Waals surface area contributed by atoms with Crippen molar-refractivity contribution in [2.75, 3.05) is 14.2 Å². The molecule has 1 aliphatic rings. The number of fused-ring (bicyclic) bond motifs is 1. The van der Waals surface area contributed by atoms with Gasteiger partial charge in [0.1, 0.15) is 22.5 Å². The third-order valence-corrected chi connectivity index (χ3v) is 6.58. The molecule has 0 aliphatic carbocycles. The fourth-order valence-corrected chi connectivity index (χ4v) is 4.80. The van der Waals surface area contributed by atoms with E-state index in [0.717, 1.165) is 34.1 Å². The molecule has 1 unspecified atom stereocenters. The summed E-state index contributed by atoms with van der Waals surface area (Å²) in [6.45, 7) is 1.95. The van der Waals surface area contributed by atoms with E-state index in [1.807, 2.05) is 31.2 Å². The first-order valence-corrected chi connectivity index (χ1v) is 11.4. The molecule has 1 aliphatic heterocycles. The van der Waals surface area contributed by atoms with Crippen molar-refractivity contribution in [2.45, 2.75) is 19.1 Å². The van der Waals surface area contributed by atoms with Gasteiger partial charge in [0, 0.05) is 17.6 Å². The minimum atomic E-state index is -1.93. The zero-order valence-corrected chi connectivity index (χ0v) is 19.7. The molecule has 34 heavy (non-hydrogen) atoms. The van der Waals surface area contributed by atoms with Crippen molar-refractivity contribution in [1.29, 1.82) is 0 Å². The first-order valence-electron chi connectivity index (χ1n) is 10.6. The Morgan fingerprint density at radius 2 is 1.74 bits per heavy atom. The van der Waals surface area contributed by atoms with Gasteiger partial charge in [0.05, 0.1) is 31.5 Å². The van der Waals surface area contributed by atoms with Gasteiger partial charge in [-0.2, -0.15) is 8.75 Å². The average Bonchev–Trinajstić information content (AvgIpc) is 3.41. The molecule has 0 saturated carbocycles. The maximum Gasteiger partial charge on any atom is 0.342 e. The van der Waals surface area contributed by atoms with E-state index in [2.05, 4.69) is 8.75 Å². The molecular formula is C26H22N2O5S. The molecule has 8 heteroatoms. The van der Waals surface area contributed by atoms with Crippen molar-refractivity contribution >= 4 is 34.3 Å². The number of ether oxygens (including phenoxy) is 3. The second kappa shape index (κ2) is 8.55. The summed E-state index contributed by atoms with van der Waals surface area (Å²) >= 11 is 1.11. The van der Waals surface area contributed by atoms with E-state index >= 15 is 0 Å². The number of carbonyl (C=O) groups excluding carboxylic acids is 1. The lowest BCUT2D eigenvalue weighted by molar-refractivity contribution is -0.185. The summed E-state index contributed by atoms with van der Waals surface area (Å²) < 4.78 is 24.8. The monoisotopic (exact) mass is 474 g/mol. The first-order chi connectivity index (χ1) is 16.4. The van der Waals surface area contributed by atoms with Crippen LogP contribution in [0, 0.1) is 6.92 Å². The second-order valence-corrected chi connectivity index (χ2v) is 8.59. The highest BCUT2D eigenvalue weighted by molar-refractivity contribution is 7.00. The van der Waals surface area contributed by atoms with Gasteiger partial charge in [0.25, 0.3) is 5.79 Å². The summed E-state index contributed by atoms with van der Waals surface area (Å²) in [5, 5.41) is 11.8. The Labute approximate surface area is 200 Å². The first kappa shape index (κ1) is 22.1. The number of rotatable bonds is 6. The van der Waals surface area contributed by atoms with E-state index in [-0.39, 0.29) is 0 Å². The fourth-order valence-electron chi connectivity index (χ4n) is 4.28. The van der Waals surface area contributed by atoms with Gasteiger partial charge in [-0.05, 0) is 66.1 Å². The van der Waals surface area contributed by atoms with Crippen LogP contribution in [0.1, 0.15) is 22.3 Å². The van der Waals surface area contributed by atoms with Gasteiger partial charge in [-0.15, -0.1) is 0 Å². The van der Waals surface area contributed by atoms with Gasteiger partial charge in [0.15, 0.2) is 0 Å². The SMILES string of the molecule is COc1ccc(C2(O)OC(=O)C(c3ccc4nsnc4c3)=C2Cc2ccc(OC)c(C)c2)cc1.